The zero-order valence-electron chi connectivity index (χ0n) is 10.9. The van der Waals surface area contributed by atoms with Crippen LogP contribution in [0.4, 0.5) is 4.39 Å². The molecule has 0 bridgehead atoms. The molecule has 0 N–H and O–H groups in total. The lowest BCUT2D eigenvalue weighted by molar-refractivity contribution is -0.112. The summed E-state index contributed by atoms with van der Waals surface area (Å²) in [7, 11) is -3.93. The topological polar surface area (TPSA) is 63.6 Å². The zero-order valence-corrected chi connectivity index (χ0v) is 11.7. The van der Waals surface area contributed by atoms with Gasteiger partial charge in [-0.25, -0.2) is 4.39 Å². The third-order valence-corrected chi connectivity index (χ3v) is 4.09. The Bertz CT molecular complexity index is 756. The van der Waals surface area contributed by atoms with E-state index in [0.29, 0.717) is 5.57 Å². The average molecular weight is 293 g/mol. The van der Waals surface area contributed by atoms with E-state index < -0.39 is 21.6 Å². The lowest BCUT2D eigenvalue weighted by Gasteiger charge is -2.07. The number of hydrogen-bond acceptors (Lipinski definition) is 3. The normalized spacial score (nSPS) is 17.9. The van der Waals surface area contributed by atoms with Crippen molar-refractivity contribution in [3.8, 4) is 0 Å². The maximum absolute atomic E-state index is 13.2. The van der Waals surface area contributed by atoms with Gasteiger partial charge in [-0.05, 0) is 37.6 Å². The van der Waals surface area contributed by atoms with Gasteiger partial charge < -0.3 is 0 Å². The first-order valence-corrected chi connectivity index (χ1v) is 7.25. The van der Waals surface area contributed by atoms with Crippen LogP contribution < -0.4 is 0 Å². The Morgan fingerprint density at radius 2 is 1.65 bits per heavy atom. The minimum atomic E-state index is -3.93. The number of carbonyl (C=O) groups excluding carboxylic acids is 1. The molecule has 0 saturated heterocycles. The zero-order chi connectivity index (χ0) is 14.9. The maximum Gasteiger partial charge on any atom is 0.282 e. The van der Waals surface area contributed by atoms with Crippen molar-refractivity contribution >= 4 is 21.5 Å². The molecule has 0 fully saturated rings. The molecular formula is C14H12FNO3S. The number of allylic oxidation sites excluding steroid dienone is 4. The lowest BCUT2D eigenvalue weighted by atomic mass is 10.0. The van der Waals surface area contributed by atoms with Crippen LogP contribution in [-0.2, 0) is 14.8 Å². The summed E-state index contributed by atoms with van der Waals surface area (Å²) in [6.45, 7) is 3.34. The first-order valence-electron chi connectivity index (χ1n) is 5.81. The van der Waals surface area contributed by atoms with Crippen LogP contribution in [0.1, 0.15) is 12.5 Å². The molecule has 104 valence electrons. The molecule has 1 aliphatic carbocycles. The fraction of sp³-hybridized carbons (Fsp3) is 0.143. The van der Waals surface area contributed by atoms with Crippen molar-refractivity contribution in [2.75, 3.05) is 0 Å². The number of halogens is 1. The van der Waals surface area contributed by atoms with Crippen molar-refractivity contribution < 1.29 is 17.6 Å². The molecule has 4 nitrogen and oxygen atoms in total. The summed E-state index contributed by atoms with van der Waals surface area (Å²) in [5.41, 5.74) is 1.16. The van der Waals surface area contributed by atoms with Crippen molar-refractivity contribution in [2.45, 2.75) is 18.7 Å². The van der Waals surface area contributed by atoms with Crippen molar-refractivity contribution in [3.05, 3.63) is 53.4 Å². The van der Waals surface area contributed by atoms with Gasteiger partial charge in [0.2, 0.25) is 5.78 Å². The van der Waals surface area contributed by atoms with E-state index in [-0.39, 0.29) is 10.6 Å². The number of hydrogen-bond donors (Lipinski definition) is 0. The summed E-state index contributed by atoms with van der Waals surface area (Å²) in [5, 5.41) is 0. The highest BCUT2D eigenvalue weighted by Gasteiger charge is 2.19. The summed E-state index contributed by atoms with van der Waals surface area (Å²) in [5.74, 6) is -1.80. The first-order chi connectivity index (χ1) is 9.29. The monoisotopic (exact) mass is 293 g/mol. The molecule has 1 aliphatic rings. The molecule has 0 spiro atoms. The van der Waals surface area contributed by atoms with Crippen molar-refractivity contribution in [3.63, 3.8) is 0 Å². The van der Waals surface area contributed by atoms with Crippen LogP contribution in [0, 0.1) is 6.92 Å². The van der Waals surface area contributed by atoms with Gasteiger partial charge >= 0.3 is 0 Å². The number of carbonyl (C=O) groups is 1. The predicted octanol–water partition coefficient (Wildman–Crippen LogP) is 2.51. The average Bonchev–Trinajstić information content (AvgIpc) is 2.36. The second kappa shape index (κ2) is 5.13. The number of nitrogens with zero attached hydrogens (tertiary/aromatic N) is 1. The summed E-state index contributed by atoms with van der Waals surface area (Å²) < 4.78 is 41.0. The largest absolute Gasteiger partial charge is 0.287 e. The van der Waals surface area contributed by atoms with E-state index in [4.69, 9.17) is 0 Å². The van der Waals surface area contributed by atoms with Gasteiger partial charge in [-0.3, -0.25) is 4.79 Å². The SMILES string of the molecule is CC1=CC(=O)C(F)=CC1=NS(=O)(=O)c1ccc(C)cc1. The van der Waals surface area contributed by atoms with E-state index in [2.05, 4.69) is 4.40 Å². The molecule has 0 atom stereocenters. The minimum absolute atomic E-state index is 0.0223. The van der Waals surface area contributed by atoms with Crippen LogP contribution >= 0.6 is 0 Å². The van der Waals surface area contributed by atoms with Gasteiger partial charge in [0.1, 0.15) is 0 Å². The van der Waals surface area contributed by atoms with Gasteiger partial charge in [-0.15, -0.1) is 0 Å². The van der Waals surface area contributed by atoms with E-state index in [0.717, 1.165) is 17.7 Å². The molecule has 1 aromatic carbocycles. The van der Waals surface area contributed by atoms with Crippen LogP contribution in [0.3, 0.4) is 0 Å². The van der Waals surface area contributed by atoms with E-state index >= 15 is 0 Å². The number of benzene rings is 1. The molecule has 20 heavy (non-hydrogen) atoms. The molecule has 0 unspecified atom stereocenters. The first kappa shape index (κ1) is 14.3. The number of rotatable bonds is 2. The Morgan fingerprint density at radius 1 is 1.05 bits per heavy atom. The molecule has 0 heterocycles. The quantitative estimate of drug-likeness (QED) is 0.787. The maximum atomic E-state index is 13.2. The van der Waals surface area contributed by atoms with Gasteiger partial charge in [0, 0.05) is 6.08 Å². The van der Waals surface area contributed by atoms with Crippen molar-refractivity contribution in [2.24, 2.45) is 4.40 Å². The Morgan fingerprint density at radius 3 is 2.25 bits per heavy atom. The fourth-order valence-corrected chi connectivity index (χ4v) is 2.68. The van der Waals surface area contributed by atoms with E-state index in [9.17, 15) is 17.6 Å². The standard InChI is InChI=1S/C14H12FNO3S/c1-9-3-5-11(6-4-9)20(18,19)16-13-8-12(15)14(17)7-10(13)2/h3-8H,1-2H3. The molecule has 0 amide bonds. The van der Waals surface area contributed by atoms with Crippen LogP contribution in [0.2, 0.25) is 0 Å². The Hall–Kier alpha value is -2.08. The van der Waals surface area contributed by atoms with Gasteiger partial charge in [-0.1, -0.05) is 17.7 Å². The van der Waals surface area contributed by atoms with Gasteiger partial charge in [0.25, 0.3) is 10.0 Å². The third-order valence-electron chi connectivity index (χ3n) is 2.79. The lowest BCUT2D eigenvalue weighted by Crippen LogP contribution is -2.11. The van der Waals surface area contributed by atoms with Crippen molar-refractivity contribution in [1.29, 1.82) is 0 Å². The number of sulfonamides is 1. The highest BCUT2D eigenvalue weighted by Crippen LogP contribution is 2.18. The molecule has 1 aromatic rings. The van der Waals surface area contributed by atoms with Gasteiger partial charge in [0.15, 0.2) is 5.83 Å². The summed E-state index contributed by atoms with van der Waals surface area (Å²) in [6, 6.07) is 6.16. The van der Waals surface area contributed by atoms with Gasteiger partial charge in [-0.2, -0.15) is 12.8 Å². The Balaban J connectivity index is 2.46. The molecule has 0 radical (unpaired) electrons. The fourth-order valence-electron chi connectivity index (χ4n) is 1.64. The Labute approximate surface area is 116 Å². The Kier molecular flexibility index (Phi) is 3.67. The van der Waals surface area contributed by atoms with Crippen LogP contribution in [0.5, 0.6) is 0 Å². The second-order valence-corrected chi connectivity index (χ2v) is 6.05. The smallest absolute Gasteiger partial charge is 0.282 e. The summed E-state index contributed by atoms with van der Waals surface area (Å²) >= 11 is 0. The summed E-state index contributed by atoms with van der Waals surface area (Å²) in [6.07, 6.45) is 1.86. The van der Waals surface area contributed by atoms with Crippen LogP contribution in [-0.4, -0.2) is 19.9 Å². The van der Waals surface area contributed by atoms with Crippen molar-refractivity contribution in [1.82, 2.24) is 0 Å². The van der Waals surface area contributed by atoms with E-state index in [1.165, 1.54) is 19.1 Å². The van der Waals surface area contributed by atoms with Crippen LogP contribution in [0.25, 0.3) is 0 Å². The number of ketones is 1. The van der Waals surface area contributed by atoms with E-state index in [1.54, 1.807) is 12.1 Å². The highest BCUT2D eigenvalue weighted by atomic mass is 32.2. The highest BCUT2D eigenvalue weighted by molar-refractivity contribution is 7.90. The van der Waals surface area contributed by atoms with Crippen LogP contribution in [0.15, 0.2) is 57.1 Å². The van der Waals surface area contributed by atoms with Gasteiger partial charge in [0.05, 0.1) is 10.6 Å². The summed E-state index contributed by atoms with van der Waals surface area (Å²) in [4.78, 5) is 11.1. The molecule has 0 aliphatic heterocycles. The third kappa shape index (κ3) is 2.91. The molecule has 0 aromatic heterocycles. The molecule has 6 heteroatoms. The molecule has 0 saturated carbocycles. The number of aryl methyl sites for hydroxylation is 1. The molecular weight excluding hydrogens is 281 g/mol. The van der Waals surface area contributed by atoms with E-state index in [1.807, 2.05) is 6.92 Å². The second-order valence-electron chi connectivity index (χ2n) is 4.45. The minimum Gasteiger partial charge on any atom is -0.287 e. The molecule has 2 rings (SSSR count). The predicted molar refractivity (Wildman–Crippen MR) is 73.8 cm³/mol.